The Balaban J connectivity index is 2.54. The number of benzene rings is 1. The van der Waals surface area contributed by atoms with Gasteiger partial charge in [0.25, 0.3) is 0 Å². The van der Waals surface area contributed by atoms with Crippen molar-refractivity contribution in [3.63, 3.8) is 0 Å². The maximum absolute atomic E-state index is 12.0. The summed E-state index contributed by atoms with van der Waals surface area (Å²) in [5.74, 6) is -0.420. The first kappa shape index (κ1) is 16.2. The zero-order chi connectivity index (χ0) is 15.1. The van der Waals surface area contributed by atoms with Crippen LogP contribution in [0.5, 0.6) is 0 Å². The number of nitrogens with two attached hydrogens (primary N) is 2. The monoisotopic (exact) mass is 277 g/mol. The lowest BCUT2D eigenvalue weighted by molar-refractivity contribution is -0.130. The van der Waals surface area contributed by atoms with Crippen LogP contribution in [0.2, 0.25) is 0 Å². The van der Waals surface area contributed by atoms with Gasteiger partial charge < -0.3 is 16.4 Å². The van der Waals surface area contributed by atoms with Crippen molar-refractivity contribution in [2.75, 3.05) is 7.05 Å². The first-order valence-electron chi connectivity index (χ1n) is 6.82. The van der Waals surface area contributed by atoms with E-state index in [1.807, 2.05) is 6.92 Å². The van der Waals surface area contributed by atoms with Crippen LogP contribution >= 0.6 is 0 Å². The van der Waals surface area contributed by atoms with Gasteiger partial charge in [-0.3, -0.25) is 9.59 Å². The van der Waals surface area contributed by atoms with E-state index in [9.17, 15) is 9.59 Å². The fourth-order valence-corrected chi connectivity index (χ4v) is 1.99. The SMILES string of the molecule is CCCC(N)CC(=O)N(C)Cc1ccc(C(N)=O)cc1. The van der Waals surface area contributed by atoms with Crippen molar-refractivity contribution in [1.29, 1.82) is 0 Å². The Morgan fingerprint density at radius 3 is 2.35 bits per heavy atom. The predicted octanol–water partition coefficient (Wildman–Crippen LogP) is 1.26. The molecule has 5 heteroatoms. The normalized spacial score (nSPS) is 11.9. The van der Waals surface area contributed by atoms with Crippen LogP contribution in [0.4, 0.5) is 0 Å². The van der Waals surface area contributed by atoms with Crippen molar-refractivity contribution in [3.05, 3.63) is 35.4 Å². The molecule has 110 valence electrons. The van der Waals surface area contributed by atoms with Crippen molar-refractivity contribution < 1.29 is 9.59 Å². The van der Waals surface area contributed by atoms with Gasteiger partial charge in [-0.15, -0.1) is 0 Å². The zero-order valence-electron chi connectivity index (χ0n) is 12.1. The van der Waals surface area contributed by atoms with Crippen LogP contribution in [0, 0.1) is 0 Å². The topological polar surface area (TPSA) is 89.4 Å². The summed E-state index contributed by atoms with van der Waals surface area (Å²) in [7, 11) is 1.75. The molecule has 0 heterocycles. The van der Waals surface area contributed by atoms with E-state index >= 15 is 0 Å². The molecule has 0 aliphatic carbocycles. The summed E-state index contributed by atoms with van der Waals surface area (Å²) in [6, 6.07) is 6.86. The first-order valence-corrected chi connectivity index (χ1v) is 6.82. The van der Waals surface area contributed by atoms with Gasteiger partial charge in [0, 0.05) is 31.6 Å². The van der Waals surface area contributed by atoms with Crippen LogP contribution in [-0.4, -0.2) is 29.8 Å². The summed E-state index contributed by atoms with van der Waals surface area (Å²) in [5, 5.41) is 0. The van der Waals surface area contributed by atoms with Gasteiger partial charge in [-0.25, -0.2) is 0 Å². The molecular weight excluding hydrogens is 254 g/mol. The standard InChI is InChI=1S/C15H23N3O2/c1-3-4-13(16)9-14(19)18(2)10-11-5-7-12(8-6-11)15(17)20/h5-8,13H,3-4,9-10,16H2,1-2H3,(H2,17,20). The van der Waals surface area contributed by atoms with Crippen molar-refractivity contribution in [1.82, 2.24) is 4.90 Å². The van der Waals surface area contributed by atoms with Crippen molar-refractivity contribution in [3.8, 4) is 0 Å². The highest BCUT2D eigenvalue weighted by Crippen LogP contribution is 2.08. The van der Waals surface area contributed by atoms with E-state index < -0.39 is 5.91 Å². The predicted molar refractivity (Wildman–Crippen MR) is 78.9 cm³/mol. The Bertz CT molecular complexity index is 457. The second kappa shape index (κ2) is 7.65. The molecular formula is C15H23N3O2. The summed E-state index contributed by atoms with van der Waals surface area (Å²) in [6.45, 7) is 2.55. The highest BCUT2D eigenvalue weighted by molar-refractivity contribution is 5.92. The molecule has 1 aromatic carbocycles. The third kappa shape index (κ3) is 5.01. The fraction of sp³-hybridized carbons (Fsp3) is 0.467. The van der Waals surface area contributed by atoms with Gasteiger partial charge in [-0.1, -0.05) is 25.5 Å². The molecule has 1 aromatic rings. The number of amides is 2. The van der Waals surface area contributed by atoms with Crippen molar-refractivity contribution in [2.24, 2.45) is 11.5 Å². The first-order chi connectivity index (χ1) is 9.43. The van der Waals surface area contributed by atoms with Gasteiger partial charge in [0.05, 0.1) is 0 Å². The average Bonchev–Trinajstić information content (AvgIpc) is 2.39. The quantitative estimate of drug-likeness (QED) is 0.786. The van der Waals surface area contributed by atoms with E-state index in [1.54, 1.807) is 36.2 Å². The molecule has 4 N–H and O–H groups in total. The molecule has 1 unspecified atom stereocenters. The second-order valence-corrected chi connectivity index (χ2v) is 5.06. The molecule has 0 bridgehead atoms. The summed E-state index contributed by atoms with van der Waals surface area (Å²) in [4.78, 5) is 24.6. The summed E-state index contributed by atoms with van der Waals surface area (Å²) >= 11 is 0. The third-order valence-electron chi connectivity index (χ3n) is 3.18. The molecule has 0 saturated carbocycles. The maximum atomic E-state index is 12.0. The number of nitrogens with zero attached hydrogens (tertiary/aromatic N) is 1. The summed E-state index contributed by atoms with van der Waals surface area (Å²) in [6.07, 6.45) is 2.20. The van der Waals surface area contributed by atoms with Crippen LogP contribution in [0.15, 0.2) is 24.3 Å². The Morgan fingerprint density at radius 2 is 1.85 bits per heavy atom. The molecule has 20 heavy (non-hydrogen) atoms. The lowest BCUT2D eigenvalue weighted by Gasteiger charge is -2.19. The summed E-state index contributed by atoms with van der Waals surface area (Å²) < 4.78 is 0. The highest BCUT2D eigenvalue weighted by atomic mass is 16.2. The number of hydrogen-bond donors (Lipinski definition) is 2. The molecule has 5 nitrogen and oxygen atoms in total. The van der Waals surface area contributed by atoms with Crippen LogP contribution in [0.25, 0.3) is 0 Å². The number of primary amides is 1. The minimum atomic E-state index is -0.452. The van der Waals surface area contributed by atoms with E-state index in [0.29, 0.717) is 18.5 Å². The maximum Gasteiger partial charge on any atom is 0.248 e. The Hall–Kier alpha value is -1.88. The highest BCUT2D eigenvalue weighted by Gasteiger charge is 2.13. The number of carbonyl (C=O) groups is 2. The van der Waals surface area contributed by atoms with E-state index in [1.165, 1.54) is 0 Å². The molecule has 0 saturated heterocycles. The molecule has 0 spiro atoms. The second-order valence-electron chi connectivity index (χ2n) is 5.06. The average molecular weight is 277 g/mol. The van der Waals surface area contributed by atoms with Gasteiger partial charge in [0.1, 0.15) is 0 Å². The minimum Gasteiger partial charge on any atom is -0.366 e. The number of carbonyl (C=O) groups excluding carboxylic acids is 2. The van der Waals surface area contributed by atoms with Gasteiger partial charge in [-0.05, 0) is 24.1 Å². The van der Waals surface area contributed by atoms with Gasteiger partial charge in [-0.2, -0.15) is 0 Å². The molecule has 2 amide bonds. The number of hydrogen-bond acceptors (Lipinski definition) is 3. The zero-order valence-corrected chi connectivity index (χ0v) is 12.1. The Morgan fingerprint density at radius 1 is 1.25 bits per heavy atom. The minimum absolute atomic E-state index is 0.0323. The Labute approximate surface area is 119 Å². The lowest BCUT2D eigenvalue weighted by Crippen LogP contribution is -2.32. The molecule has 0 aliphatic heterocycles. The van der Waals surface area contributed by atoms with Crippen molar-refractivity contribution >= 4 is 11.8 Å². The molecule has 0 aliphatic rings. The van der Waals surface area contributed by atoms with Gasteiger partial charge in [0.2, 0.25) is 11.8 Å². The van der Waals surface area contributed by atoms with E-state index in [4.69, 9.17) is 11.5 Å². The van der Waals surface area contributed by atoms with Gasteiger partial charge >= 0.3 is 0 Å². The molecule has 1 rings (SSSR count). The lowest BCUT2D eigenvalue weighted by atomic mass is 10.1. The molecule has 0 aromatic heterocycles. The molecule has 0 fully saturated rings. The third-order valence-corrected chi connectivity index (χ3v) is 3.18. The van der Waals surface area contributed by atoms with E-state index in [0.717, 1.165) is 18.4 Å². The van der Waals surface area contributed by atoms with Crippen LogP contribution in [-0.2, 0) is 11.3 Å². The van der Waals surface area contributed by atoms with E-state index in [-0.39, 0.29) is 11.9 Å². The van der Waals surface area contributed by atoms with E-state index in [2.05, 4.69) is 0 Å². The molecule has 0 radical (unpaired) electrons. The van der Waals surface area contributed by atoms with Gasteiger partial charge in [0.15, 0.2) is 0 Å². The fourth-order valence-electron chi connectivity index (χ4n) is 1.99. The smallest absolute Gasteiger partial charge is 0.248 e. The van der Waals surface area contributed by atoms with Crippen LogP contribution < -0.4 is 11.5 Å². The molecule has 1 atom stereocenters. The summed E-state index contributed by atoms with van der Waals surface area (Å²) in [5.41, 5.74) is 12.5. The largest absolute Gasteiger partial charge is 0.366 e. The van der Waals surface area contributed by atoms with Crippen LogP contribution in [0.1, 0.15) is 42.1 Å². The van der Waals surface area contributed by atoms with Crippen LogP contribution in [0.3, 0.4) is 0 Å². The van der Waals surface area contributed by atoms with Crippen molar-refractivity contribution in [2.45, 2.75) is 38.8 Å². The Kier molecular flexibility index (Phi) is 6.18. The number of rotatable bonds is 7.